The normalized spacial score (nSPS) is 15.1. The average Bonchev–Trinajstić information content (AvgIpc) is 2.28. The van der Waals surface area contributed by atoms with Gasteiger partial charge in [-0.3, -0.25) is 0 Å². The van der Waals surface area contributed by atoms with Crippen molar-refractivity contribution in [3.63, 3.8) is 0 Å². The number of nitrogens with one attached hydrogen (secondary N) is 1. The summed E-state index contributed by atoms with van der Waals surface area (Å²) in [5.41, 5.74) is 2.15. The predicted molar refractivity (Wildman–Crippen MR) is 77.7 cm³/mol. The Morgan fingerprint density at radius 2 is 1.67 bits per heavy atom. The number of hydrogen-bond acceptors (Lipinski definition) is 2. The molecule has 2 N–H and O–H groups in total. The van der Waals surface area contributed by atoms with Crippen molar-refractivity contribution in [2.45, 2.75) is 52.6 Å². The second-order valence-corrected chi connectivity index (χ2v) is 6.08. The Morgan fingerprint density at radius 1 is 1.11 bits per heavy atom. The van der Waals surface area contributed by atoms with Crippen LogP contribution in [0.3, 0.4) is 0 Å². The maximum absolute atomic E-state index is 9.64. The van der Waals surface area contributed by atoms with Gasteiger partial charge in [0.25, 0.3) is 0 Å². The summed E-state index contributed by atoms with van der Waals surface area (Å²) in [5.74, 6) is 0.675. The largest absolute Gasteiger partial charge is 0.394 e. The van der Waals surface area contributed by atoms with Crippen LogP contribution in [0.1, 0.15) is 45.7 Å². The molecule has 1 unspecified atom stereocenters. The average molecular weight is 249 g/mol. The molecule has 0 saturated carbocycles. The zero-order chi connectivity index (χ0) is 13.8. The minimum Gasteiger partial charge on any atom is -0.394 e. The van der Waals surface area contributed by atoms with Gasteiger partial charge in [-0.25, -0.2) is 0 Å². The Bertz CT molecular complexity index is 356. The molecule has 0 spiro atoms. The van der Waals surface area contributed by atoms with Gasteiger partial charge >= 0.3 is 0 Å². The molecule has 0 aliphatic carbocycles. The van der Waals surface area contributed by atoms with Crippen LogP contribution in [0.5, 0.6) is 0 Å². The first-order valence-electron chi connectivity index (χ1n) is 6.85. The van der Waals surface area contributed by atoms with E-state index in [9.17, 15) is 5.11 Å². The van der Waals surface area contributed by atoms with Gasteiger partial charge in [-0.05, 0) is 44.2 Å². The molecular weight excluding hydrogens is 222 g/mol. The molecule has 0 aliphatic rings. The van der Waals surface area contributed by atoms with Crippen molar-refractivity contribution in [3.8, 4) is 0 Å². The highest BCUT2D eigenvalue weighted by atomic mass is 16.3. The van der Waals surface area contributed by atoms with Gasteiger partial charge in [-0.1, -0.05) is 38.1 Å². The van der Waals surface area contributed by atoms with Crippen LogP contribution in [0, 0.1) is 5.92 Å². The number of aliphatic hydroxyl groups is 1. The number of aliphatic hydroxyl groups excluding tert-OH is 1. The molecule has 1 aromatic carbocycles. The molecule has 102 valence electrons. The van der Waals surface area contributed by atoms with Gasteiger partial charge in [0.1, 0.15) is 0 Å². The van der Waals surface area contributed by atoms with Crippen LogP contribution in [-0.2, 0) is 12.0 Å². The topological polar surface area (TPSA) is 32.3 Å². The Labute approximate surface area is 111 Å². The van der Waals surface area contributed by atoms with Gasteiger partial charge in [-0.15, -0.1) is 0 Å². The molecule has 0 amide bonds. The Balaban J connectivity index is 2.87. The van der Waals surface area contributed by atoms with Crippen LogP contribution < -0.4 is 5.32 Å². The van der Waals surface area contributed by atoms with Crippen LogP contribution in [0.4, 0.5) is 0 Å². The summed E-state index contributed by atoms with van der Waals surface area (Å²) < 4.78 is 0. The standard InChI is InChI=1S/C16H27NO/c1-12(2)10-14-6-8-15(9-7-14)16(5,11-18)17-13(3)4/h6-9,12-13,17-18H,10-11H2,1-5H3. The van der Waals surface area contributed by atoms with E-state index in [0.29, 0.717) is 12.0 Å². The monoisotopic (exact) mass is 249 g/mol. The van der Waals surface area contributed by atoms with E-state index in [0.717, 1.165) is 12.0 Å². The van der Waals surface area contributed by atoms with Crippen LogP contribution in [0.25, 0.3) is 0 Å². The molecule has 2 nitrogen and oxygen atoms in total. The minimum absolute atomic E-state index is 0.106. The molecular formula is C16H27NO. The zero-order valence-corrected chi connectivity index (χ0v) is 12.3. The molecule has 18 heavy (non-hydrogen) atoms. The van der Waals surface area contributed by atoms with Crippen LogP contribution in [-0.4, -0.2) is 17.8 Å². The van der Waals surface area contributed by atoms with Gasteiger partial charge in [0.05, 0.1) is 12.1 Å². The van der Waals surface area contributed by atoms with Gasteiger partial charge in [-0.2, -0.15) is 0 Å². The molecule has 0 fully saturated rings. The quantitative estimate of drug-likeness (QED) is 0.812. The second-order valence-electron chi connectivity index (χ2n) is 6.08. The fraction of sp³-hybridized carbons (Fsp3) is 0.625. The lowest BCUT2D eigenvalue weighted by Gasteiger charge is -2.32. The summed E-state index contributed by atoms with van der Waals surface area (Å²) in [6.45, 7) is 10.8. The van der Waals surface area contributed by atoms with E-state index in [4.69, 9.17) is 0 Å². The van der Waals surface area contributed by atoms with Gasteiger partial charge in [0.2, 0.25) is 0 Å². The van der Waals surface area contributed by atoms with Crippen molar-refractivity contribution in [2.24, 2.45) is 5.92 Å². The van der Waals surface area contributed by atoms with Crippen LogP contribution in [0.15, 0.2) is 24.3 Å². The maximum atomic E-state index is 9.64. The molecule has 0 bridgehead atoms. The number of hydrogen-bond donors (Lipinski definition) is 2. The maximum Gasteiger partial charge on any atom is 0.0652 e. The van der Waals surface area contributed by atoms with Crippen molar-refractivity contribution in [2.75, 3.05) is 6.61 Å². The third kappa shape index (κ3) is 4.11. The van der Waals surface area contributed by atoms with Crippen LogP contribution in [0.2, 0.25) is 0 Å². The third-order valence-corrected chi connectivity index (χ3v) is 3.16. The molecule has 1 atom stereocenters. The molecule has 0 aromatic heterocycles. The summed E-state index contributed by atoms with van der Waals surface area (Å²) in [5, 5.41) is 13.1. The molecule has 1 aromatic rings. The fourth-order valence-corrected chi connectivity index (χ4v) is 2.34. The van der Waals surface area contributed by atoms with Crippen molar-refractivity contribution in [3.05, 3.63) is 35.4 Å². The van der Waals surface area contributed by atoms with Gasteiger partial charge in [0, 0.05) is 6.04 Å². The second kappa shape index (κ2) is 6.35. The van der Waals surface area contributed by atoms with E-state index in [-0.39, 0.29) is 12.1 Å². The molecule has 0 radical (unpaired) electrons. The molecule has 0 saturated heterocycles. The van der Waals surface area contributed by atoms with Crippen molar-refractivity contribution >= 4 is 0 Å². The summed E-state index contributed by atoms with van der Waals surface area (Å²) >= 11 is 0. The molecule has 1 rings (SSSR count). The predicted octanol–water partition coefficient (Wildman–Crippen LogP) is 3.09. The summed E-state index contributed by atoms with van der Waals surface area (Å²) in [6, 6.07) is 8.95. The Kier molecular flexibility index (Phi) is 5.36. The van der Waals surface area contributed by atoms with E-state index in [1.807, 2.05) is 6.92 Å². The highest BCUT2D eigenvalue weighted by Gasteiger charge is 2.25. The zero-order valence-electron chi connectivity index (χ0n) is 12.3. The molecule has 0 aliphatic heterocycles. The Morgan fingerprint density at radius 3 is 2.06 bits per heavy atom. The lowest BCUT2D eigenvalue weighted by Crippen LogP contribution is -2.46. The van der Waals surface area contributed by atoms with Crippen molar-refractivity contribution < 1.29 is 5.11 Å². The van der Waals surface area contributed by atoms with E-state index in [1.54, 1.807) is 0 Å². The van der Waals surface area contributed by atoms with E-state index >= 15 is 0 Å². The highest BCUT2D eigenvalue weighted by Crippen LogP contribution is 2.22. The SMILES string of the molecule is CC(C)Cc1ccc(C(C)(CO)NC(C)C)cc1. The lowest BCUT2D eigenvalue weighted by molar-refractivity contribution is 0.166. The number of rotatable bonds is 6. The Hall–Kier alpha value is -0.860. The summed E-state index contributed by atoms with van der Waals surface area (Å²) in [4.78, 5) is 0. The van der Waals surface area contributed by atoms with E-state index < -0.39 is 0 Å². The summed E-state index contributed by atoms with van der Waals surface area (Å²) in [6.07, 6.45) is 1.10. The van der Waals surface area contributed by atoms with Crippen LogP contribution >= 0.6 is 0 Å². The van der Waals surface area contributed by atoms with E-state index in [1.165, 1.54) is 5.56 Å². The fourth-order valence-electron chi connectivity index (χ4n) is 2.34. The first-order chi connectivity index (χ1) is 8.37. The summed E-state index contributed by atoms with van der Waals surface area (Å²) in [7, 11) is 0. The minimum atomic E-state index is -0.357. The van der Waals surface area contributed by atoms with Gasteiger partial charge < -0.3 is 10.4 Å². The van der Waals surface area contributed by atoms with Crippen molar-refractivity contribution in [1.82, 2.24) is 5.32 Å². The highest BCUT2D eigenvalue weighted by molar-refractivity contribution is 5.28. The smallest absolute Gasteiger partial charge is 0.0652 e. The lowest BCUT2D eigenvalue weighted by atomic mass is 9.90. The molecule has 2 heteroatoms. The molecule has 0 heterocycles. The van der Waals surface area contributed by atoms with E-state index in [2.05, 4.69) is 57.3 Å². The first-order valence-corrected chi connectivity index (χ1v) is 6.85. The van der Waals surface area contributed by atoms with Crippen molar-refractivity contribution in [1.29, 1.82) is 0 Å². The third-order valence-electron chi connectivity index (χ3n) is 3.16. The first kappa shape index (κ1) is 15.2. The van der Waals surface area contributed by atoms with Gasteiger partial charge in [0.15, 0.2) is 0 Å². The number of benzene rings is 1.